The SMILES string of the molecule is O=C(O)C(=O)C[C@H](O)[C@H](O)COP(=O)([O-])[O-]. The number of aliphatic carboxylic acids is 1. The third-order valence-electron chi connectivity index (χ3n) is 1.48. The number of phosphoric ester groups is 1. The number of carboxylic acids is 1. The van der Waals surface area contributed by atoms with E-state index in [9.17, 15) is 23.9 Å². The Kier molecular flexibility index (Phi) is 5.73. The van der Waals surface area contributed by atoms with E-state index in [-0.39, 0.29) is 0 Å². The lowest BCUT2D eigenvalue weighted by Gasteiger charge is -2.30. The van der Waals surface area contributed by atoms with Crippen molar-refractivity contribution in [3.05, 3.63) is 0 Å². The summed E-state index contributed by atoms with van der Waals surface area (Å²) in [6.07, 6.45) is -4.59. The quantitative estimate of drug-likeness (QED) is 0.310. The first kappa shape index (κ1) is 15.2. The van der Waals surface area contributed by atoms with Gasteiger partial charge in [0.15, 0.2) is 0 Å². The summed E-state index contributed by atoms with van der Waals surface area (Å²) in [5.41, 5.74) is 0. The van der Waals surface area contributed by atoms with Gasteiger partial charge in [0.1, 0.15) is 6.10 Å². The first-order valence-electron chi connectivity index (χ1n) is 3.92. The highest BCUT2D eigenvalue weighted by atomic mass is 31.2. The molecule has 0 unspecified atom stereocenters. The van der Waals surface area contributed by atoms with Gasteiger partial charge in [-0.3, -0.25) is 4.79 Å². The van der Waals surface area contributed by atoms with Crippen LogP contribution in [-0.2, 0) is 18.7 Å². The lowest BCUT2D eigenvalue weighted by molar-refractivity contribution is -0.343. The van der Waals surface area contributed by atoms with Gasteiger partial charge in [-0.1, -0.05) is 0 Å². The van der Waals surface area contributed by atoms with Crippen LogP contribution in [0.25, 0.3) is 0 Å². The molecule has 0 aliphatic rings. The summed E-state index contributed by atoms with van der Waals surface area (Å²) in [5.74, 6) is -3.16. The molecule has 0 aromatic rings. The van der Waals surface area contributed by atoms with Crippen LogP contribution in [0.1, 0.15) is 6.42 Å². The van der Waals surface area contributed by atoms with Gasteiger partial charge in [0, 0.05) is 6.42 Å². The Morgan fingerprint density at radius 1 is 1.25 bits per heavy atom. The molecule has 16 heavy (non-hydrogen) atoms. The van der Waals surface area contributed by atoms with E-state index in [0.717, 1.165) is 0 Å². The van der Waals surface area contributed by atoms with Crippen molar-refractivity contribution in [1.29, 1.82) is 0 Å². The van der Waals surface area contributed by atoms with Gasteiger partial charge in [0.2, 0.25) is 5.78 Å². The highest BCUT2D eigenvalue weighted by Crippen LogP contribution is 2.24. The van der Waals surface area contributed by atoms with Crippen molar-refractivity contribution in [3.8, 4) is 0 Å². The average molecular weight is 256 g/mol. The molecule has 0 amide bonds. The summed E-state index contributed by atoms with van der Waals surface area (Å²) in [6.45, 7) is -1.04. The molecule has 0 bridgehead atoms. The molecule has 10 heteroatoms. The Balaban J connectivity index is 4.09. The minimum absolute atomic E-state index is 0.915. The minimum atomic E-state index is -5.28. The van der Waals surface area contributed by atoms with E-state index in [1.54, 1.807) is 0 Å². The van der Waals surface area contributed by atoms with Crippen LogP contribution in [0.3, 0.4) is 0 Å². The van der Waals surface area contributed by atoms with Gasteiger partial charge in [-0.15, -0.1) is 0 Å². The molecule has 0 radical (unpaired) electrons. The molecule has 0 saturated carbocycles. The zero-order valence-electron chi connectivity index (χ0n) is 7.81. The zero-order valence-corrected chi connectivity index (χ0v) is 8.70. The number of carbonyl (C=O) groups is 2. The maximum Gasteiger partial charge on any atom is 0.372 e. The molecule has 0 heterocycles. The van der Waals surface area contributed by atoms with E-state index in [0.29, 0.717) is 0 Å². The summed E-state index contributed by atoms with van der Waals surface area (Å²) in [7, 11) is -5.28. The molecular weight excluding hydrogens is 247 g/mol. The number of hydrogen-bond acceptors (Lipinski definition) is 8. The van der Waals surface area contributed by atoms with E-state index in [1.807, 2.05) is 0 Å². The molecule has 2 atom stereocenters. The lowest BCUT2D eigenvalue weighted by Crippen LogP contribution is -2.35. The van der Waals surface area contributed by atoms with Gasteiger partial charge in [-0.25, -0.2) is 4.79 Å². The molecule has 0 aromatic carbocycles. The van der Waals surface area contributed by atoms with Crippen LogP contribution in [0.5, 0.6) is 0 Å². The van der Waals surface area contributed by atoms with Gasteiger partial charge in [-0.05, 0) is 0 Å². The number of phosphoric acid groups is 1. The molecule has 3 N–H and O–H groups in total. The summed E-state index contributed by atoms with van der Waals surface area (Å²) >= 11 is 0. The Hall–Kier alpha value is -0.830. The van der Waals surface area contributed by atoms with Crippen LogP contribution in [-0.4, -0.2) is 45.9 Å². The number of rotatable bonds is 7. The number of aliphatic hydroxyl groups is 2. The topological polar surface area (TPSA) is 167 Å². The first-order chi connectivity index (χ1) is 7.13. The van der Waals surface area contributed by atoms with Crippen LogP contribution >= 0.6 is 7.82 Å². The van der Waals surface area contributed by atoms with Crippen molar-refractivity contribution in [2.75, 3.05) is 6.61 Å². The number of aliphatic hydroxyl groups excluding tert-OH is 2. The van der Waals surface area contributed by atoms with E-state index >= 15 is 0 Å². The van der Waals surface area contributed by atoms with Crippen LogP contribution in [0.15, 0.2) is 0 Å². The molecule has 0 aliphatic carbocycles. The van der Waals surface area contributed by atoms with Gasteiger partial charge in [0.25, 0.3) is 0 Å². The molecule has 94 valence electrons. The number of carbonyl (C=O) groups excluding carboxylic acids is 1. The maximum atomic E-state index is 10.6. The molecule has 0 fully saturated rings. The van der Waals surface area contributed by atoms with Crippen molar-refractivity contribution < 1.29 is 43.8 Å². The Morgan fingerprint density at radius 2 is 1.75 bits per heavy atom. The minimum Gasteiger partial charge on any atom is -0.790 e. The summed E-state index contributed by atoms with van der Waals surface area (Å²) in [5, 5.41) is 26.2. The maximum absolute atomic E-state index is 10.6. The predicted octanol–water partition coefficient (Wildman–Crippen LogP) is -3.40. The third kappa shape index (κ3) is 6.62. The summed E-state index contributed by atoms with van der Waals surface area (Å²) < 4.78 is 13.6. The molecule has 0 rings (SSSR count). The number of carboxylic acid groups (broad SMARTS) is 1. The number of hydrogen-bond donors (Lipinski definition) is 3. The lowest BCUT2D eigenvalue weighted by atomic mass is 10.1. The normalized spacial score (nSPS) is 15.5. The van der Waals surface area contributed by atoms with Gasteiger partial charge >= 0.3 is 5.97 Å². The summed E-state index contributed by atoms with van der Waals surface area (Å²) in [4.78, 5) is 40.6. The van der Waals surface area contributed by atoms with Crippen molar-refractivity contribution in [2.45, 2.75) is 18.6 Å². The average Bonchev–Trinajstić information content (AvgIpc) is 2.12. The van der Waals surface area contributed by atoms with Gasteiger partial charge in [0.05, 0.1) is 20.5 Å². The van der Waals surface area contributed by atoms with Crippen LogP contribution in [0.2, 0.25) is 0 Å². The van der Waals surface area contributed by atoms with Crippen molar-refractivity contribution in [1.82, 2.24) is 0 Å². The van der Waals surface area contributed by atoms with Crippen molar-refractivity contribution in [2.24, 2.45) is 0 Å². The fraction of sp³-hybridized carbons (Fsp3) is 0.667. The monoisotopic (exact) mass is 256 g/mol. The molecule has 0 spiro atoms. The van der Waals surface area contributed by atoms with Crippen LogP contribution in [0.4, 0.5) is 0 Å². The van der Waals surface area contributed by atoms with Crippen LogP contribution in [0, 0.1) is 0 Å². The molecule has 0 aromatic heterocycles. The molecule has 9 nitrogen and oxygen atoms in total. The fourth-order valence-corrected chi connectivity index (χ4v) is 1.03. The van der Waals surface area contributed by atoms with Gasteiger partial charge < -0.3 is 34.2 Å². The van der Waals surface area contributed by atoms with Gasteiger partial charge in [-0.2, -0.15) is 0 Å². The molecular formula is C6H9O9P-2. The Labute approximate surface area is 89.5 Å². The van der Waals surface area contributed by atoms with Crippen molar-refractivity contribution >= 4 is 19.6 Å². The Morgan fingerprint density at radius 3 is 2.12 bits per heavy atom. The van der Waals surface area contributed by atoms with Crippen molar-refractivity contribution in [3.63, 3.8) is 0 Å². The van der Waals surface area contributed by atoms with E-state index in [1.165, 1.54) is 0 Å². The Bertz CT molecular complexity index is 307. The predicted molar refractivity (Wildman–Crippen MR) is 42.8 cm³/mol. The van der Waals surface area contributed by atoms with E-state index in [4.69, 9.17) is 15.3 Å². The highest BCUT2D eigenvalue weighted by molar-refractivity contribution is 7.43. The largest absolute Gasteiger partial charge is 0.790 e. The molecule has 0 saturated heterocycles. The second-order valence-corrected chi connectivity index (χ2v) is 3.96. The standard InChI is InChI=1S/C6H11O9P/c7-3(1-4(8)6(10)11)5(9)2-15-16(12,13)14/h3,5,7,9H,1-2H2,(H,10,11)(H2,12,13,14)/p-2/t3-,5+/m0/s1. The highest BCUT2D eigenvalue weighted by Gasteiger charge is 2.23. The number of ketones is 1. The zero-order chi connectivity index (χ0) is 12.9. The second kappa shape index (κ2) is 6.04. The fourth-order valence-electron chi connectivity index (χ4n) is 0.692. The van der Waals surface area contributed by atoms with E-state index in [2.05, 4.69) is 4.52 Å². The first-order valence-corrected chi connectivity index (χ1v) is 5.38. The van der Waals surface area contributed by atoms with E-state index < -0.39 is 44.8 Å². The number of Topliss-reactive ketones (excluding diaryl/α,β-unsaturated/α-hetero) is 1. The smallest absolute Gasteiger partial charge is 0.372 e. The third-order valence-corrected chi connectivity index (χ3v) is 1.95. The second-order valence-electron chi connectivity index (χ2n) is 2.81. The molecule has 0 aliphatic heterocycles. The van der Waals surface area contributed by atoms with Crippen LogP contribution < -0.4 is 9.79 Å². The summed E-state index contributed by atoms with van der Waals surface area (Å²) in [6, 6.07) is 0.